The van der Waals surface area contributed by atoms with Gasteiger partial charge >= 0.3 is 0 Å². The van der Waals surface area contributed by atoms with Crippen LogP contribution in [0.4, 0.5) is 4.39 Å². The van der Waals surface area contributed by atoms with E-state index in [-0.39, 0.29) is 18.1 Å². The number of allylic oxidation sites excluding steroid dienone is 2. The molecule has 1 aromatic carbocycles. The minimum Gasteiger partial charge on any atom is -0.355 e. The summed E-state index contributed by atoms with van der Waals surface area (Å²) in [7, 11) is 0. The molecule has 0 radical (unpaired) electrons. The highest BCUT2D eigenvalue weighted by Crippen LogP contribution is 2.20. The third-order valence-electron chi connectivity index (χ3n) is 6.04. The molecule has 160 valence electrons. The molecule has 1 N–H and O–H groups in total. The summed E-state index contributed by atoms with van der Waals surface area (Å²) < 4.78 is 15.2. The summed E-state index contributed by atoms with van der Waals surface area (Å²) in [4.78, 5) is 14.7. The Morgan fingerprint density at radius 1 is 1.13 bits per heavy atom. The van der Waals surface area contributed by atoms with Crippen LogP contribution in [0.25, 0.3) is 0 Å². The number of fused-ring (bicyclic) bond motifs is 1. The molecule has 6 nitrogen and oxygen atoms in total. The van der Waals surface area contributed by atoms with Crippen molar-refractivity contribution in [2.24, 2.45) is 5.92 Å². The minimum absolute atomic E-state index is 0.0649. The van der Waals surface area contributed by atoms with Crippen molar-refractivity contribution >= 4 is 5.91 Å². The quantitative estimate of drug-likeness (QED) is 0.712. The summed E-state index contributed by atoms with van der Waals surface area (Å²) in [6, 6.07) is 6.04. The van der Waals surface area contributed by atoms with Gasteiger partial charge in [-0.25, -0.2) is 4.39 Å². The molecule has 1 unspecified atom stereocenters. The third-order valence-corrected chi connectivity index (χ3v) is 6.04. The number of nitrogens with one attached hydrogen (secondary N) is 1. The highest BCUT2D eigenvalue weighted by molar-refractivity contribution is 5.78. The first-order valence-electron chi connectivity index (χ1n) is 11.0. The summed E-state index contributed by atoms with van der Waals surface area (Å²) in [5.74, 6) is 2.41. The van der Waals surface area contributed by atoms with Gasteiger partial charge in [0.25, 0.3) is 0 Å². The fourth-order valence-electron chi connectivity index (χ4n) is 4.35. The Balaban J connectivity index is 1.24. The molecule has 0 bridgehead atoms. The van der Waals surface area contributed by atoms with E-state index in [0.29, 0.717) is 13.0 Å². The third kappa shape index (κ3) is 5.53. The Morgan fingerprint density at radius 3 is 2.80 bits per heavy atom. The van der Waals surface area contributed by atoms with Gasteiger partial charge in [-0.3, -0.25) is 4.79 Å². The van der Waals surface area contributed by atoms with Crippen LogP contribution >= 0.6 is 0 Å². The minimum atomic E-state index is -0.291. The normalized spacial score (nSPS) is 19.3. The molecule has 2 aliphatic rings. The zero-order valence-electron chi connectivity index (χ0n) is 17.4. The van der Waals surface area contributed by atoms with E-state index in [4.69, 9.17) is 0 Å². The van der Waals surface area contributed by atoms with Crippen LogP contribution in [0.3, 0.4) is 0 Å². The Bertz CT molecular complexity index is 876. The van der Waals surface area contributed by atoms with Gasteiger partial charge in [0, 0.05) is 45.6 Å². The van der Waals surface area contributed by atoms with Crippen molar-refractivity contribution in [2.75, 3.05) is 26.2 Å². The van der Waals surface area contributed by atoms with E-state index in [1.807, 2.05) is 0 Å². The molecule has 2 heterocycles. The fourth-order valence-corrected chi connectivity index (χ4v) is 4.35. The van der Waals surface area contributed by atoms with Crippen LogP contribution in [0.1, 0.15) is 36.5 Å². The topological polar surface area (TPSA) is 63.1 Å². The standard InChI is InChI=1S/C23H30FN5O/c24-20-8-6-18(7-9-20)16-23(30)25-12-10-21-26-27-22-11-13-28(14-15-29(21)22)17-19-4-2-1-3-5-19/h1-2,6-9,19H,3-5,10-17H2,(H,25,30). The lowest BCUT2D eigenvalue weighted by atomic mass is 9.94. The Morgan fingerprint density at radius 2 is 2.00 bits per heavy atom. The molecule has 1 aromatic heterocycles. The summed E-state index contributed by atoms with van der Waals surface area (Å²) in [6.07, 6.45) is 10.2. The van der Waals surface area contributed by atoms with E-state index >= 15 is 0 Å². The van der Waals surface area contributed by atoms with Crippen molar-refractivity contribution < 1.29 is 9.18 Å². The van der Waals surface area contributed by atoms with Crippen LogP contribution in [0.5, 0.6) is 0 Å². The van der Waals surface area contributed by atoms with Crippen molar-refractivity contribution in [2.45, 2.75) is 45.1 Å². The van der Waals surface area contributed by atoms with Crippen LogP contribution in [-0.2, 0) is 30.6 Å². The number of hydrogen-bond acceptors (Lipinski definition) is 4. The second-order valence-corrected chi connectivity index (χ2v) is 8.29. The first-order chi connectivity index (χ1) is 14.7. The average molecular weight is 412 g/mol. The highest BCUT2D eigenvalue weighted by Gasteiger charge is 2.21. The Labute approximate surface area is 177 Å². The van der Waals surface area contributed by atoms with E-state index in [2.05, 4.69) is 37.1 Å². The van der Waals surface area contributed by atoms with Gasteiger partial charge in [0.05, 0.1) is 6.42 Å². The van der Waals surface area contributed by atoms with Gasteiger partial charge in [0.1, 0.15) is 17.5 Å². The van der Waals surface area contributed by atoms with Gasteiger partial charge in [-0.1, -0.05) is 24.3 Å². The van der Waals surface area contributed by atoms with Crippen molar-refractivity contribution in [3.63, 3.8) is 0 Å². The van der Waals surface area contributed by atoms with Crippen molar-refractivity contribution in [3.8, 4) is 0 Å². The molecule has 0 saturated heterocycles. The van der Waals surface area contributed by atoms with Crippen LogP contribution in [-0.4, -0.2) is 51.8 Å². The summed E-state index contributed by atoms with van der Waals surface area (Å²) in [6.45, 7) is 4.65. The number of rotatable bonds is 7. The van der Waals surface area contributed by atoms with Gasteiger partial charge in [0.15, 0.2) is 0 Å². The zero-order valence-corrected chi connectivity index (χ0v) is 17.4. The monoisotopic (exact) mass is 411 g/mol. The van der Waals surface area contributed by atoms with Crippen LogP contribution < -0.4 is 5.32 Å². The van der Waals surface area contributed by atoms with E-state index in [1.54, 1.807) is 12.1 Å². The fraction of sp³-hybridized carbons (Fsp3) is 0.522. The highest BCUT2D eigenvalue weighted by atomic mass is 19.1. The molecular formula is C23H30FN5O. The maximum Gasteiger partial charge on any atom is 0.224 e. The number of amides is 1. The van der Waals surface area contributed by atoms with Gasteiger partial charge in [-0.15, -0.1) is 10.2 Å². The molecule has 7 heteroatoms. The van der Waals surface area contributed by atoms with Gasteiger partial charge < -0.3 is 14.8 Å². The number of nitrogens with zero attached hydrogens (tertiary/aromatic N) is 4. The number of carbonyl (C=O) groups excluding carboxylic acids is 1. The van der Waals surface area contributed by atoms with Gasteiger partial charge in [-0.2, -0.15) is 0 Å². The van der Waals surface area contributed by atoms with Crippen LogP contribution in [0.15, 0.2) is 36.4 Å². The lowest BCUT2D eigenvalue weighted by molar-refractivity contribution is -0.120. The number of carbonyl (C=O) groups is 1. The molecule has 4 rings (SSSR count). The SMILES string of the molecule is O=C(Cc1ccc(F)cc1)NCCc1nnc2n1CCN(CC1CC=CCC1)CC2. The summed E-state index contributed by atoms with van der Waals surface area (Å²) in [5, 5.41) is 11.7. The molecule has 1 atom stereocenters. The molecule has 0 saturated carbocycles. The van der Waals surface area contributed by atoms with Gasteiger partial charge in [-0.05, 0) is 42.9 Å². The summed E-state index contributed by atoms with van der Waals surface area (Å²) in [5.41, 5.74) is 0.804. The summed E-state index contributed by atoms with van der Waals surface area (Å²) >= 11 is 0. The smallest absolute Gasteiger partial charge is 0.224 e. The molecule has 1 amide bonds. The Kier molecular flexibility index (Phi) is 6.89. The molecular weight excluding hydrogens is 381 g/mol. The second-order valence-electron chi connectivity index (χ2n) is 8.29. The average Bonchev–Trinajstić information content (AvgIpc) is 3.03. The predicted octanol–water partition coefficient (Wildman–Crippen LogP) is 2.53. The lowest BCUT2D eigenvalue weighted by Gasteiger charge is -2.26. The van der Waals surface area contributed by atoms with Crippen molar-refractivity contribution in [1.29, 1.82) is 0 Å². The largest absolute Gasteiger partial charge is 0.355 e. The predicted molar refractivity (Wildman–Crippen MR) is 113 cm³/mol. The molecule has 1 aliphatic carbocycles. The number of benzene rings is 1. The molecule has 1 aliphatic heterocycles. The van der Waals surface area contributed by atoms with Crippen molar-refractivity contribution in [3.05, 3.63) is 59.4 Å². The number of aromatic nitrogens is 3. The molecule has 30 heavy (non-hydrogen) atoms. The molecule has 0 fully saturated rings. The lowest BCUT2D eigenvalue weighted by Crippen LogP contribution is -2.33. The maximum atomic E-state index is 13.0. The van der Waals surface area contributed by atoms with E-state index in [0.717, 1.165) is 55.7 Å². The molecule has 0 spiro atoms. The maximum absolute atomic E-state index is 13.0. The zero-order chi connectivity index (χ0) is 20.8. The van der Waals surface area contributed by atoms with E-state index in [1.165, 1.54) is 31.4 Å². The van der Waals surface area contributed by atoms with Crippen LogP contribution in [0, 0.1) is 11.7 Å². The number of hydrogen-bond donors (Lipinski definition) is 1. The number of halogens is 1. The first kappa shape index (κ1) is 20.7. The Hall–Kier alpha value is -2.54. The van der Waals surface area contributed by atoms with E-state index in [9.17, 15) is 9.18 Å². The van der Waals surface area contributed by atoms with Gasteiger partial charge in [0.2, 0.25) is 5.91 Å². The first-order valence-corrected chi connectivity index (χ1v) is 11.0. The van der Waals surface area contributed by atoms with Crippen LogP contribution in [0.2, 0.25) is 0 Å². The second kappa shape index (κ2) is 9.98. The van der Waals surface area contributed by atoms with E-state index < -0.39 is 0 Å². The molecule has 2 aromatic rings. The van der Waals surface area contributed by atoms with Crippen molar-refractivity contribution in [1.82, 2.24) is 25.0 Å².